The first-order chi connectivity index (χ1) is 14.8. The van der Waals surface area contributed by atoms with Crippen LogP contribution in [-0.2, 0) is 0 Å². The monoisotopic (exact) mass is 436 g/mol. The lowest BCUT2D eigenvalue weighted by Crippen LogP contribution is -2.47. The predicted octanol–water partition coefficient (Wildman–Crippen LogP) is 6.33. The highest BCUT2D eigenvalue weighted by Crippen LogP contribution is 2.42. The number of carbonyl (C=O) groups excluding carboxylic acids is 1. The third-order valence-corrected chi connectivity index (χ3v) is 7.04. The zero-order valence-electron chi connectivity index (χ0n) is 19.0. The van der Waals surface area contributed by atoms with Gasteiger partial charge in [0.1, 0.15) is 0 Å². The summed E-state index contributed by atoms with van der Waals surface area (Å²) in [7, 11) is 0. The normalized spacial score (nSPS) is 19.5. The summed E-state index contributed by atoms with van der Waals surface area (Å²) in [6.07, 6.45) is 3.54. The van der Waals surface area contributed by atoms with Crippen molar-refractivity contribution >= 4 is 28.6 Å². The summed E-state index contributed by atoms with van der Waals surface area (Å²) in [6.45, 7) is 11.6. The van der Waals surface area contributed by atoms with Crippen LogP contribution in [0.2, 0.25) is 5.02 Å². The van der Waals surface area contributed by atoms with E-state index in [-0.39, 0.29) is 5.78 Å². The standard InChI is InChI=1S/C27H33ClN2O/c1-20(31)21-6-10-25(11-7-21)30-16-14-29(15-17-30)19-23-18-27(2,3)13-12-26(23)22-4-8-24(28)9-5-22/h4-11H,12-19H2,1-3H3. The maximum Gasteiger partial charge on any atom is 0.159 e. The molecule has 0 spiro atoms. The molecule has 0 amide bonds. The topological polar surface area (TPSA) is 23.6 Å². The lowest BCUT2D eigenvalue weighted by Gasteiger charge is -2.39. The van der Waals surface area contributed by atoms with E-state index < -0.39 is 0 Å². The van der Waals surface area contributed by atoms with E-state index in [4.69, 9.17) is 11.6 Å². The molecular formula is C27H33ClN2O. The first-order valence-corrected chi connectivity index (χ1v) is 11.7. The van der Waals surface area contributed by atoms with Crippen molar-refractivity contribution in [2.45, 2.75) is 40.0 Å². The molecule has 1 saturated heterocycles. The van der Waals surface area contributed by atoms with Gasteiger partial charge in [0.15, 0.2) is 5.78 Å². The van der Waals surface area contributed by atoms with Crippen molar-refractivity contribution in [3.05, 3.63) is 70.3 Å². The van der Waals surface area contributed by atoms with Crippen LogP contribution in [0.3, 0.4) is 0 Å². The summed E-state index contributed by atoms with van der Waals surface area (Å²) in [5.41, 5.74) is 6.81. The van der Waals surface area contributed by atoms with Crippen molar-refractivity contribution in [2.75, 3.05) is 37.6 Å². The number of piperazine rings is 1. The van der Waals surface area contributed by atoms with Gasteiger partial charge < -0.3 is 4.90 Å². The Bertz CT molecular complexity index is 952. The van der Waals surface area contributed by atoms with E-state index in [0.717, 1.165) is 56.2 Å². The first-order valence-electron chi connectivity index (χ1n) is 11.4. The Kier molecular flexibility index (Phi) is 6.55. The number of halogens is 1. The Hall–Kier alpha value is -2.10. The van der Waals surface area contributed by atoms with Gasteiger partial charge in [-0.3, -0.25) is 9.69 Å². The molecule has 164 valence electrons. The van der Waals surface area contributed by atoms with Gasteiger partial charge in [-0.1, -0.05) is 43.2 Å². The first kappa shape index (κ1) is 22.1. The Morgan fingerprint density at radius 3 is 2.23 bits per heavy atom. The highest BCUT2D eigenvalue weighted by molar-refractivity contribution is 6.30. The molecule has 2 aromatic carbocycles. The molecule has 2 aliphatic rings. The molecule has 1 aliphatic carbocycles. The number of carbonyl (C=O) groups is 1. The highest BCUT2D eigenvalue weighted by Gasteiger charge is 2.29. The van der Waals surface area contributed by atoms with Crippen LogP contribution in [0.1, 0.15) is 56.0 Å². The molecule has 0 radical (unpaired) electrons. The smallest absolute Gasteiger partial charge is 0.159 e. The van der Waals surface area contributed by atoms with Crippen molar-refractivity contribution in [3.63, 3.8) is 0 Å². The van der Waals surface area contributed by atoms with Crippen molar-refractivity contribution in [1.82, 2.24) is 4.90 Å². The van der Waals surface area contributed by atoms with Crippen molar-refractivity contribution in [3.8, 4) is 0 Å². The van der Waals surface area contributed by atoms with Crippen LogP contribution in [0, 0.1) is 5.41 Å². The maximum absolute atomic E-state index is 11.5. The highest BCUT2D eigenvalue weighted by atomic mass is 35.5. The van der Waals surface area contributed by atoms with Crippen molar-refractivity contribution < 1.29 is 4.79 Å². The fourth-order valence-electron chi connectivity index (χ4n) is 4.90. The maximum atomic E-state index is 11.5. The van der Waals surface area contributed by atoms with E-state index in [2.05, 4.69) is 47.9 Å². The molecule has 0 unspecified atom stereocenters. The lowest BCUT2D eigenvalue weighted by molar-refractivity contribution is 0.101. The third kappa shape index (κ3) is 5.39. The Morgan fingerprint density at radius 1 is 0.968 bits per heavy atom. The third-order valence-electron chi connectivity index (χ3n) is 6.79. The fourth-order valence-corrected chi connectivity index (χ4v) is 5.03. The number of nitrogens with zero attached hydrogens (tertiary/aromatic N) is 2. The second kappa shape index (κ2) is 9.18. The van der Waals surface area contributed by atoms with Gasteiger partial charge in [0, 0.05) is 49.0 Å². The molecule has 0 bridgehead atoms. The van der Waals surface area contributed by atoms with E-state index in [9.17, 15) is 4.79 Å². The molecule has 0 N–H and O–H groups in total. The van der Waals surface area contributed by atoms with Crippen LogP contribution < -0.4 is 4.90 Å². The lowest BCUT2D eigenvalue weighted by atomic mass is 9.73. The Labute approximate surface area is 191 Å². The number of ketones is 1. The molecule has 0 aromatic heterocycles. The van der Waals surface area contributed by atoms with Crippen LogP contribution in [-0.4, -0.2) is 43.4 Å². The van der Waals surface area contributed by atoms with E-state index >= 15 is 0 Å². The molecule has 4 heteroatoms. The van der Waals surface area contributed by atoms with E-state index in [1.54, 1.807) is 12.5 Å². The minimum atomic E-state index is 0.122. The summed E-state index contributed by atoms with van der Waals surface area (Å²) in [5.74, 6) is 0.122. The quantitative estimate of drug-likeness (QED) is 0.511. The van der Waals surface area contributed by atoms with Crippen LogP contribution in [0.5, 0.6) is 0 Å². The van der Waals surface area contributed by atoms with Crippen molar-refractivity contribution in [2.24, 2.45) is 5.41 Å². The van der Waals surface area contributed by atoms with Gasteiger partial charge in [0.25, 0.3) is 0 Å². The molecule has 0 atom stereocenters. The van der Waals surface area contributed by atoms with Gasteiger partial charge in [0.2, 0.25) is 0 Å². The molecule has 2 aromatic rings. The van der Waals surface area contributed by atoms with E-state index in [0.29, 0.717) is 5.41 Å². The molecular weight excluding hydrogens is 404 g/mol. The molecule has 3 nitrogen and oxygen atoms in total. The number of hydrogen-bond acceptors (Lipinski definition) is 3. The number of rotatable bonds is 5. The summed E-state index contributed by atoms with van der Waals surface area (Å²) in [6, 6.07) is 16.4. The second-order valence-electron chi connectivity index (χ2n) is 9.80. The molecule has 1 heterocycles. The Morgan fingerprint density at radius 2 is 1.61 bits per heavy atom. The number of hydrogen-bond donors (Lipinski definition) is 0. The van der Waals surface area contributed by atoms with E-state index in [1.807, 2.05) is 24.3 Å². The van der Waals surface area contributed by atoms with Gasteiger partial charge in [-0.15, -0.1) is 0 Å². The molecule has 1 aliphatic heterocycles. The zero-order valence-corrected chi connectivity index (χ0v) is 19.7. The summed E-state index contributed by atoms with van der Waals surface area (Å²) in [4.78, 5) is 16.6. The molecule has 4 rings (SSSR count). The SMILES string of the molecule is CC(=O)c1ccc(N2CCN(CC3=C(c4ccc(Cl)cc4)CCC(C)(C)C3)CC2)cc1. The zero-order chi connectivity index (χ0) is 22.0. The van der Waals surface area contributed by atoms with E-state index in [1.165, 1.54) is 23.2 Å². The van der Waals surface area contributed by atoms with Crippen LogP contribution in [0.4, 0.5) is 5.69 Å². The second-order valence-corrected chi connectivity index (χ2v) is 10.2. The average molecular weight is 437 g/mol. The van der Waals surface area contributed by atoms with Gasteiger partial charge >= 0.3 is 0 Å². The minimum Gasteiger partial charge on any atom is -0.369 e. The number of Topliss-reactive ketones (excluding diaryl/α,β-unsaturated/α-hetero) is 1. The predicted molar refractivity (Wildman–Crippen MR) is 131 cm³/mol. The van der Waals surface area contributed by atoms with Gasteiger partial charge in [-0.2, -0.15) is 0 Å². The summed E-state index contributed by atoms with van der Waals surface area (Å²) < 4.78 is 0. The van der Waals surface area contributed by atoms with Crippen molar-refractivity contribution in [1.29, 1.82) is 0 Å². The summed E-state index contributed by atoms with van der Waals surface area (Å²) >= 11 is 6.13. The Balaban J connectivity index is 1.45. The average Bonchev–Trinajstić information content (AvgIpc) is 2.75. The number of allylic oxidation sites excluding steroid dienone is 1. The molecule has 0 saturated carbocycles. The fraction of sp³-hybridized carbons (Fsp3) is 0.444. The van der Waals surface area contributed by atoms with Gasteiger partial charge in [0.05, 0.1) is 0 Å². The molecule has 1 fully saturated rings. The largest absolute Gasteiger partial charge is 0.369 e. The van der Waals surface area contributed by atoms with Gasteiger partial charge in [-0.05, 0) is 79.1 Å². The minimum absolute atomic E-state index is 0.122. The summed E-state index contributed by atoms with van der Waals surface area (Å²) in [5, 5.41) is 0.800. The van der Waals surface area contributed by atoms with Crippen LogP contribution >= 0.6 is 11.6 Å². The molecule has 31 heavy (non-hydrogen) atoms. The van der Waals surface area contributed by atoms with Gasteiger partial charge in [-0.25, -0.2) is 0 Å². The van der Waals surface area contributed by atoms with Crippen LogP contribution in [0.25, 0.3) is 5.57 Å². The van der Waals surface area contributed by atoms with Crippen LogP contribution in [0.15, 0.2) is 54.1 Å². The number of anilines is 1. The number of benzene rings is 2.